The molecule has 0 spiro atoms. The van der Waals surface area contributed by atoms with Gasteiger partial charge in [-0.05, 0) is 6.07 Å². The molecule has 2 aromatic heterocycles. The molecule has 0 aliphatic carbocycles. The van der Waals surface area contributed by atoms with Crippen molar-refractivity contribution in [3.63, 3.8) is 0 Å². The van der Waals surface area contributed by atoms with Crippen LogP contribution in [0.2, 0.25) is 0 Å². The average molecular weight is 315 g/mol. The smallest absolute Gasteiger partial charge is 0.402 e. The number of aromatic nitrogens is 3. The summed E-state index contributed by atoms with van der Waals surface area (Å²) in [6.45, 7) is 1.72. The van der Waals surface area contributed by atoms with Gasteiger partial charge in [-0.1, -0.05) is 5.10 Å². The van der Waals surface area contributed by atoms with Gasteiger partial charge < -0.3 is 19.8 Å². The topological polar surface area (TPSA) is 90.3 Å². The Morgan fingerprint density at radius 2 is 1.91 bits per heavy atom. The third-order valence-electron chi connectivity index (χ3n) is 3.19. The maximum atomic E-state index is 12.9. The van der Waals surface area contributed by atoms with Crippen LogP contribution in [0.25, 0.3) is 11.6 Å². The molecule has 0 radical (unpaired) electrons. The second-order valence-electron chi connectivity index (χ2n) is 4.63. The predicted molar refractivity (Wildman–Crippen MR) is 70.0 cm³/mol. The van der Waals surface area contributed by atoms with Gasteiger partial charge in [-0.15, -0.1) is 5.10 Å². The fraction of sp³-hybridized carbons (Fsp3) is 0.417. The summed E-state index contributed by atoms with van der Waals surface area (Å²) in [6, 6.07) is 0.846. The molecule has 0 saturated carbocycles. The summed E-state index contributed by atoms with van der Waals surface area (Å²) in [6.07, 6.45) is -3.75. The Hall–Kier alpha value is -2.36. The number of alkyl halides is 3. The molecule has 118 valence electrons. The summed E-state index contributed by atoms with van der Waals surface area (Å²) in [4.78, 5) is 5.59. The van der Waals surface area contributed by atoms with Gasteiger partial charge in [-0.3, -0.25) is 0 Å². The van der Waals surface area contributed by atoms with Crippen molar-refractivity contribution in [1.29, 1.82) is 0 Å². The minimum absolute atomic E-state index is 0.0206. The van der Waals surface area contributed by atoms with Crippen LogP contribution < -0.4 is 10.6 Å². The molecule has 22 heavy (non-hydrogen) atoms. The first-order chi connectivity index (χ1) is 10.4. The van der Waals surface area contributed by atoms with E-state index < -0.39 is 11.7 Å². The van der Waals surface area contributed by atoms with Crippen LogP contribution in [-0.2, 0) is 10.9 Å². The number of rotatable bonds is 2. The number of nitrogen functional groups attached to an aromatic ring is 1. The largest absolute Gasteiger partial charge is 0.417 e. The summed E-state index contributed by atoms with van der Waals surface area (Å²) in [5.74, 6) is -0.0206. The van der Waals surface area contributed by atoms with E-state index in [9.17, 15) is 13.2 Å². The van der Waals surface area contributed by atoms with Gasteiger partial charge in [0, 0.05) is 19.3 Å². The molecular weight excluding hydrogens is 303 g/mol. The third-order valence-corrected chi connectivity index (χ3v) is 3.19. The summed E-state index contributed by atoms with van der Waals surface area (Å²) in [5, 5.41) is 7.20. The first-order valence-electron chi connectivity index (χ1n) is 6.44. The molecule has 0 unspecified atom stereocenters. The van der Waals surface area contributed by atoms with E-state index in [-0.39, 0.29) is 23.3 Å². The zero-order valence-corrected chi connectivity index (χ0v) is 11.3. The maximum absolute atomic E-state index is 12.9. The van der Waals surface area contributed by atoms with E-state index in [0.29, 0.717) is 26.3 Å². The molecule has 0 amide bonds. The Labute approximate surface area is 122 Å². The highest BCUT2D eigenvalue weighted by atomic mass is 19.4. The van der Waals surface area contributed by atoms with Gasteiger partial charge in [0.25, 0.3) is 5.89 Å². The van der Waals surface area contributed by atoms with E-state index in [4.69, 9.17) is 14.9 Å². The number of nitrogens with zero attached hydrogens (tertiary/aromatic N) is 4. The Morgan fingerprint density at radius 3 is 2.50 bits per heavy atom. The maximum Gasteiger partial charge on any atom is 0.417 e. The molecule has 1 saturated heterocycles. The lowest BCUT2D eigenvalue weighted by Gasteiger charge is -2.30. The summed E-state index contributed by atoms with van der Waals surface area (Å²) >= 11 is 0. The van der Waals surface area contributed by atoms with Crippen LogP contribution in [0.3, 0.4) is 0 Å². The standard InChI is InChI=1S/C12H12F3N5O2/c13-12(14,15)7-5-8(20-1-3-21-4-2-20)9(17-6-7)10-18-19-11(16)22-10/h5-6H,1-4H2,(H2,16,19). The summed E-state index contributed by atoms with van der Waals surface area (Å²) < 4.78 is 49.0. The summed E-state index contributed by atoms with van der Waals surface area (Å²) in [5.41, 5.74) is 4.95. The van der Waals surface area contributed by atoms with Gasteiger partial charge in [0.15, 0.2) is 5.69 Å². The molecule has 7 nitrogen and oxygen atoms in total. The lowest BCUT2D eigenvalue weighted by Crippen LogP contribution is -2.36. The zero-order chi connectivity index (χ0) is 15.7. The fourth-order valence-corrected chi connectivity index (χ4v) is 2.15. The Kier molecular flexibility index (Phi) is 3.61. The van der Waals surface area contributed by atoms with Crippen LogP contribution >= 0.6 is 0 Å². The monoisotopic (exact) mass is 315 g/mol. The van der Waals surface area contributed by atoms with Crippen molar-refractivity contribution in [2.45, 2.75) is 6.18 Å². The molecule has 2 N–H and O–H groups in total. The Bertz CT molecular complexity index is 667. The molecule has 10 heteroatoms. The minimum atomic E-state index is -4.49. The second-order valence-corrected chi connectivity index (χ2v) is 4.63. The number of hydrogen-bond acceptors (Lipinski definition) is 7. The number of anilines is 2. The van der Waals surface area contributed by atoms with Gasteiger partial charge >= 0.3 is 12.2 Å². The molecule has 3 rings (SSSR count). The molecule has 1 aliphatic rings. The van der Waals surface area contributed by atoms with Crippen LogP contribution in [0.4, 0.5) is 24.9 Å². The molecule has 0 bridgehead atoms. The van der Waals surface area contributed by atoms with Crippen molar-refractivity contribution in [1.82, 2.24) is 15.2 Å². The number of morpholine rings is 1. The number of hydrogen-bond donors (Lipinski definition) is 1. The molecule has 3 heterocycles. The van der Waals surface area contributed by atoms with Gasteiger partial charge in [0.05, 0.1) is 24.5 Å². The highest BCUT2D eigenvalue weighted by Gasteiger charge is 2.33. The third kappa shape index (κ3) is 2.82. The molecule has 0 atom stereocenters. The van der Waals surface area contributed by atoms with Crippen LogP contribution in [0.1, 0.15) is 5.56 Å². The van der Waals surface area contributed by atoms with Crippen molar-refractivity contribution < 1.29 is 22.3 Å². The Morgan fingerprint density at radius 1 is 1.18 bits per heavy atom. The van der Waals surface area contributed by atoms with E-state index in [2.05, 4.69) is 15.2 Å². The van der Waals surface area contributed by atoms with E-state index in [1.165, 1.54) is 0 Å². The number of pyridine rings is 1. The van der Waals surface area contributed by atoms with Crippen molar-refractivity contribution >= 4 is 11.7 Å². The van der Waals surface area contributed by atoms with Crippen LogP contribution in [0.15, 0.2) is 16.7 Å². The predicted octanol–water partition coefficient (Wildman–Crippen LogP) is 1.57. The van der Waals surface area contributed by atoms with Crippen molar-refractivity contribution in [2.24, 2.45) is 0 Å². The SMILES string of the molecule is Nc1nnc(-c2ncc(C(F)(F)F)cc2N2CCOCC2)o1. The van der Waals surface area contributed by atoms with Crippen LogP contribution in [-0.4, -0.2) is 41.5 Å². The van der Waals surface area contributed by atoms with Crippen LogP contribution in [0.5, 0.6) is 0 Å². The lowest BCUT2D eigenvalue weighted by atomic mass is 10.2. The van der Waals surface area contributed by atoms with E-state index in [0.717, 1.165) is 12.3 Å². The number of nitrogens with two attached hydrogens (primary N) is 1. The molecule has 1 fully saturated rings. The van der Waals surface area contributed by atoms with Crippen molar-refractivity contribution in [2.75, 3.05) is 36.9 Å². The fourth-order valence-electron chi connectivity index (χ4n) is 2.15. The average Bonchev–Trinajstić information content (AvgIpc) is 2.93. The lowest BCUT2D eigenvalue weighted by molar-refractivity contribution is -0.137. The molecule has 2 aromatic rings. The van der Waals surface area contributed by atoms with Crippen molar-refractivity contribution in [3.05, 3.63) is 17.8 Å². The van der Waals surface area contributed by atoms with Gasteiger partial charge in [0.1, 0.15) is 0 Å². The highest BCUT2D eigenvalue weighted by Crippen LogP contribution is 2.36. The zero-order valence-electron chi connectivity index (χ0n) is 11.3. The molecular formula is C12H12F3N5O2. The highest BCUT2D eigenvalue weighted by molar-refractivity contribution is 5.70. The van der Waals surface area contributed by atoms with Gasteiger partial charge in [0.2, 0.25) is 0 Å². The normalized spacial score (nSPS) is 16.0. The first kappa shape index (κ1) is 14.6. The molecule has 1 aliphatic heterocycles. The van der Waals surface area contributed by atoms with Crippen LogP contribution in [0, 0.1) is 0 Å². The Balaban J connectivity index is 2.08. The van der Waals surface area contributed by atoms with Gasteiger partial charge in [-0.2, -0.15) is 13.2 Å². The van der Waals surface area contributed by atoms with E-state index >= 15 is 0 Å². The van der Waals surface area contributed by atoms with Crippen molar-refractivity contribution in [3.8, 4) is 11.6 Å². The second kappa shape index (κ2) is 5.44. The number of halogens is 3. The minimum Gasteiger partial charge on any atom is -0.402 e. The molecule has 0 aromatic carbocycles. The van der Waals surface area contributed by atoms with E-state index in [1.54, 1.807) is 4.90 Å². The first-order valence-corrected chi connectivity index (χ1v) is 6.44. The number of ether oxygens (including phenoxy) is 1. The quantitative estimate of drug-likeness (QED) is 0.899. The summed E-state index contributed by atoms with van der Waals surface area (Å²) in [7, 11) is 0. The van der Waals surface area contributed by atoms with Gasteiger partial charge in [-0.25, -0.2) is 4.98 Å². The van der Waals surface area contributed by atoms with E-state index in [1.807, 2.05) is 0 Å².